The minimum Gasteiger partial charge on any atom is -0.756 e. The lowest BCUT2D eigenvalue weighted by Crippen LogP contribution is -2.45. The molecule has 0 fully saturated rings. The van der Waals surface area contributed by atoms with Crippen LogP contribution in [-0.2, 0) is 18.4 Å². The summed E-state index contributed by atoms with van der Waals surface area (Å²) in [7, 11) is 1.20. The quantitative estimate of drug-likeness (QED) is 0.0272. The Balaban J connectivity index is 4.31. The smallest absolute Gasteiger partial charge is 0.268 e. The number of rotatable bonds is 54. The summed E-state index contributed by atoms with van der Waals surface area (Å²) in [4.78, 5) is 25.5. The van der Waals surface area contributed by atoms with Crippen molar-refractivity contribution >= 4 is 13.7 Å². The third-order valence-corrected chi connectivity index (χ3v) is 13.7. The lowest BCUT2D eigenvalue weighted by atomic mass is 10.0. The van der Waals surface area contributed by atoms with Crippen LogP contribution >= 0.6 is 7.82 Å². The van der Waals surface area contributed by atoms with Gasteiger partial charge in [-0.15, -0.1) is 0 Å². The lowest BCUT2D eigenvalue weighted by molar-refractivity contribution is -0.870. The molecule has 3 unspecified atom stereocenters. The molecule has 442 valence electrons. The molecule has 0 spiro atoms. The Morgan fingerprint density at radius 3 is 1.19 bits per heavy atom. The summed E-state index contributed by atoms with van der Waals surface area (Å²) in [6.07, 6.45) is 90.5. The summed E-state index contributed by atoms with van der Waals surface area (Å²) in [6, 6.07) is -0.934. The number of hydrogen-bond acceptors (Lipinski definition) is 6. The van der Waals surface area contributed by atoms with Gasteiger partial charge in [-0.1, -0.05) is 255 Å². The maximum Gasteiger partial charge on any atom is 0.268 e. The van der Waals surface area contributed by atoms with E-state index in [0.717, 1.165) is 109 Å². The van der Waals surface area contributed by atoms with Crippen LogP contribution < -0.4 is 10.2 Å². The van der Waals surface area contributed by atoms with E-state index in [-0.39, 0.29) is 18.9 Å². The van der Waals surface area contributed by atoms with Crippen molar-refractivity contribution in [3.05, 3.63) is 158 Å². The zero-order valence-electron chi connectivity index (χ0n) is 50.3. The number of aliphatic hydroxyl groups excluding tert-OH is 1. The Morgan fingerprint density at radius 1 is 0.462 bits per heavy atom. The third-order valence-electron chi connectivity index (χ3n) is 12.7. The molecule has 9 heteroatoms. The molecule has 0 aliphatic heterocycles. The first-order valence-corrected chi connectivity index (χ1v) is 32.3. The van der Waals surface area contributed by atoms with Crippen LogP contribution in [0, 0.1) is 0 Å². The molecule has 0 saturated heterocycles. The largest absolute Gasteiger partial charge is 0.756 e. The first-order chi connectivity index (χ1) is 38.0. The number of unbranched alkanes of at least 4 members (excludes halogenated alkanes) is 17. The van der Waals surface area contributed by atoms with Crippen molar-refractivity contribution in [2.75, 3.05) is 40.9 Å². The highest BCUT2D eigenvalue weighted by atomic mass is 31.2. The van der Waals surface area contributed by atoms with Gasteiger partial charge in [0, 0.05) is 6.42 Å². The van der Waals surface area contributed by atoms with Gasteiger partial charge >= 0.3 is 0 Å². The average Bonchev–Trinajstić information content (AvgIpc) is 3.41. The monoisotopic (exact) mass is 1100 g/mol. The standard InChI is InChI=1S/C69H115N2O6P/c1-6-8-10-12-14-16-18-20-22-24-26-27-28-29-30-31-32-33-34-35-36-37-38-39-40-41-42-43-45-47-49-51-53-55-57-59-61-63-69(73)70-67(66-77-78(74,75)76-65-64-71(3,4)5)68(72)62-60-58-56-54-52-50-48-46-44-25-23-21-19-17-15-13-11-9-7-2/h8,10,14,16,20,22,26-27,29-30,32-33,35-36,38-39,41-42,45,47,51-54,60,62,67-68,72H,6-7,9,11-13,15,17-19,21,23-25,28,31,34,37,40,43-44,46,48-50,55-59,61,63-66H2,1-5H3,(H-,70,73,74,75)/b10-8-,16-14-,22-20-,27-26-,30-29-,33-32-,36-35-,39-38-,42-41-,47-45-,53-51-,54-52+,62-60+. The first kappa shape index (κ1) is 74.1. The SMILES string of the molecule is CC/C=C\C/C=C\C/C=C\C/C=C\C/C=C\C/C=C\C/C=C\C/C=C\C/C=C\C/C=C\C/C=C\CCCCCC(=O)NC(COP(=O)([O-])OCC[N+](C)(C)C)C(O)/C=C/CC/C=C/CCCCCCCCCCCCCCC. The van der Waals surface area contributed by atoms with Crippen molar-refractivity contribution in [1.29, 1.82) is 0 Å². The number of quaternary nitrogens is 1. The number of phosphoric ester groups is 1. The van der Waals surface area contributed by atoms with E-state index in [2.05, 4.69) is 165 Å². The number of amides is 1. The molecule has 0 aromatic rings. The van der Waals surface area contributed by atoms with E-state index in [9.17, 15) is 19.4 Å². The van der Waals surface area contributed by atoms with Gasteiger partial charge in [-0.3, -0.25) is 9.36 Å². The summed E-state index contributed by atoms with van der Waals surface area (Å²) < 4.78 is 23.3. The molecule has 0 saturated carbocycles. The van der Waals surface area contributed by atoms with E-state index in [1.165, 1.54) is 83.5 Å². The van der Waals surface area contributed by atoms with Gasteiger partial charge in [0.1, 0.15) is 13.2 Å². The third kappa shape index (κ3) is 59.8. The molecule has 0 radical (unpaired) electrons. The molecule has 0 aromatic heterocycles. The number of carbonyl (C=O) groups excluding carboxylic acids is 1. The molecular weight excluding hydrogens is 984 g/mol. The zero-order valence-corrected chi connectivity index (χ0v) is 51.2. The van der Waals surface area contributed by atoms with Crippen LogP contribution in [0.5, 0.6) is 0 Å². The highest BCUT2D eigenvalue weighted by Crippen LogP contribution is 2.38. The normalized spacial score (nSPS) is 14.9. The van der Waals surface area contributed by atoms with E-state index in [0.29, 0.717) is 17.4 Å². The molecule has 3 atom stereocenters. The van der Waals surface area contributed by atoms with Gasteiger partial charge < -0.3 is 28.8 Å². The number of phosphoric acid groups is 1. The van der Waals surface area contributed by atoms with Gasteiger partial charge in [0.25, 0.3) is 7.82 Å². The first-order valence-electron chi connectivity index (χ1n) is 30.8. The fraction of sp³-hybridized carbons (Fsp3) is 0.609. The van der Waals surface area contributed by atoms with Crippen molar-refractivity contribution in [2.45, 2.75) is 231 Å². The second kappa shape index (κ2) is 57.8. The number of nitrogens with zero attached hydrogens (tertiary/aromatic N) is 1. The zero-order chi connectivity index (χ0) is 57.0. The van der Waals surface area contributed by atoms with Crippen LogP contribution in [-0.4, -0.2) is 68.5 Å². The molecule has 78 heavy (non-hydrogen) atoms. The van der Waals surface area contributed by atoms with Crippen LogP contribution in [0.1, 0.15) is 219 Å². The van der Waals surface area contributed by atoms with Crippen molar-refractivity contribution in [1.82, 2.24) is 5.32 Å². The number of likely N-dealkylation sites (N-methyl/N-ethyl adjacent to an activating group) is 1. The van der Waals surface area contributed by atoms with E-state index in [1.54, 1.807) is 6.08 Å². The molecule has 0 rings (SSSR count). The lowest BCUT2D eigenvalue weighted by Gasteiger charge is -2.29. The second-order valence-electron chi connectivity index (χ2n) is 21.3. The molecule has 0 aliphatic carbocycles. The molecule has 2 N–H and O–H groups in total. The second-order valence-corrected chi connectivity index (χ2v) is 22.7. The number of nitrogens with one attached hydrogen (secondary N) is 1. The fourth-order valence-electron chi connectivity index (χ4n) is 7.94. The molecule has 1 amide bonds. The van der Waals surface area contributed by atoms with Crippen LogP contribution in [0.4, 0.5) is 0 Å². The average molecular weight is 1100 g/mol. The van der Waals surface area contributed by atoms with Crippen molar-refractivity contribution in [2.24, 2.45) is 0 Å². The summed E-state index contributed by atoms with van der Waals surface area (Å²) in [6.45, 7) is 4.47. The predicted octanol–water partition coefficient (Wildman–Crippen LogP) is 18.8. The van der Waals surface area contributed by atoms with Gasteiger partial charge in [0.15, 0.2) is 0 Å². The molecule has 0 aliphatic rings. The van der Waals surface area contributed by atoms with E-state index in [1.807, 2.05) is 27.2 Å². The van der Waals surface area contributed by atoms with Gasteiger partial charge in [-0.2, -0.15) is 0 Å². The summed E-state index contributed by atoms with van der Waals surface area (Å²) >= 11 is 0. The van der Waals surface area contributed by atoms with E-state index < -0.39 is 26.6 Å². The summed E-state index contributed by atoms with van der Waals surface area (Å²) in [5, 5.41) is 13.8. The van der Waals surface area contributed by atoms with Crippen LogP contribution in [0.15, 0.2) is 158 Å². The molecule has 0 heterocycles. The topological polar surface area (TPSA) is 108 Å². The molecular formula is C69H115N2O6P. The Kier molecular flexibility index (Phi) is 54.9. The number of aliphatic hydroxyl groups is 1. The Hall–Kier alpha value is -3.88. The van der Waals surface area contributed by atoms with Crippen molar-refractivity contribution in [3.8, 4) is 0 Å². The summed E-state index contributed by atoms with van der Waals surface area (Å²) in [5.41, 5.74) is 0. The van der Waals surface area contributed by atoms with Gasteiger partial charge in [-0.25, -0.2) is 0 Å². The number of carbonyl (C=O) groups is 1. The minimum absolute atomic E-state index is 0.0219. The van der Waals surface area contributed by atoms with Crippen LogP contribution in [0.3, 0.4) is 0 Å². The highest BCUT2D eigenvalue weighted by molar-refractivity contribution is 7.45. The van der Waals surface area contributed by atoms with Gasteiger partial charge in [0.05, 0.1) is 39.9 Å². The minimum atomic E-state index is -4.63. The predicted molar refractivity (Wildman–Crippen MR) is 338 cm³/mol. The Bertz CT molecular complexity index is 1820. The molecule has 0 aromatic carbocycles. The maximum absolute atomic E-state index is 13.0. The Morgan fingerprint density at radius 2 is 0.795 bits per heavy atom. The number of hydrogen-bond donors (Lipinski definition) is 2. The van der Waals surface area contributed by atoms with Crippen LogP contribution in [0.25, 0.3) is 0 Å². The Labute approximate surface area is 480 Å². The maximum atomic E-state index is 13.0. The van der Waals surface area contributed by atoms with Crippen LogP contribution in [0.2, 0.25) is 0 Å². The van der Waals surface area contributed by atoms with E-state index >= 15 is 0 Å². The fourth-order valence-corrected chi connectivity index (χ4v) is 8.66. The van der Waals surface area contributed by atoms with Gasteiger partial charge in [0.2, 0.25) is 5.91 Å². The summed E-state index contributed by atoms with van der Waals surface area (Å²) in [5.74, 6) is -0.245. The van der Waals surface area contributed by atoms with Gasteiger partial charge in [-0.05, 0) is 116 Å². The number of allylic oxidation sites excluding steroid dienone is 25. The van der Waals surface area contributed by atoms with E-state index in [4.69, 9.17) is 9.05 Å². The molecule has 0 bridgehead atoms. The van der Waals surface area contributed by atoms with Crippen molar-refractivity contribution in [3.63, 3.8) is 0 Å². The highest BCUT2D eigenvalue weighted by Gasteiger charge is 2.23. The molecule has 8 nitrogen and oxygen atoms in total. The van der Waals surface area contributed by atoms with Crippen molar-refractivity contribution < 1.29 is 32.9 Å².